The normalized spacial score (nSPS) is 20.6. The summed E-state index contributed by atoms with van der Waals surface area (Å²) >= 11 is 0. The highest BCUT2D eigenvalue weighted by molar-refractivity contribution is 6.04. The summed E-state index contributed by atoms with van der Waals surface area (Å²) < 4.78 is 0. The average molecular weight is 430 g/mol. The Morgan fingerprint density at radius 3 is 2.20 bits per heavy atom. The number of rotatable bonds is 5. The Morgan fingerprint density at radius 1 is 1.00 bits per heavy atom. The summed E-state index contributed by atoms with van der Waals surface area (Å²) in [6, 6.07) is 16.4. The molecular weight excluding hydrogens is 398 g/mol. The van der Waals surface area contributed by atoms with E-state index in [1.54, 1.807) is 12.1 Å². The highest BCUT2D eigenvalue weighted by Gasteiger charge is 2.28. The van der Waals surface area contributed by atoms with E-state index in [2.05, 4.69) is 19.2 Å². The molecule has 162 valence electrons. The second-order valence-corrected chi connectivity index (χ2v) is 8.42. The van der Waals surface area contributed by atoms with Crippen LogP contribution >= 0.6 is 12.4 Å². The Morgan fingerprint density at radius 2 is 1.57 bits per heavy atom. The Bertz CT molecular complexity index is 849. The fourth-order valence-corrected chi connectivity index (χ4v) is 4.15. The van der Waals surface area contributed by atoms with Gasteiger partial charge in [-0.2, -0.15) is 0 Å². The zero-order chi connectivity index (χ0) is 21.0. The van der Waals surface area contributed by atoms with Crippen molar-refractivity contribution in [2.45, 2.75) is 33.2 Å². The number of hydrogen-bond donors (Lipinski definition) is 2. The van der Waals surface area contributed by atoms with Crippen LogP contribution in [0.25, 0.3) is 0 Å². The molecule has 1 fully saturated rings. The first kappa shape index (κ1) is 23.9. The molecule has 30 heavy (non-hydrogen) atoms. The molecule has 2 aromatic carbocycles. The number of carbonyl (C=O) groups excluding carboxylic acids is 2. The number of amides is 2. The van der Waals surface area contributed by atoms with Crippen LogP contribution in [0, 0.1) is 17.8 Å². The van der Waals surface area contributed by atoms with Gasteiger partial charge in [0.2, 0.25) is 5.91 Å². The van der Waals surface area contributed by atoms with E-state index in [4.69, 9.17) is 5.73 Å². The zero-order valence-electron chi connectivity index (χ0n) is 17.9. The lowest BCUT2D eigenvalue weighted by Crippen LogP contribution is -2.43. The number of piperidine rings is 1. The van der Waals surface area contributed by atoms with E-state index in [0.717, 1.165) is 25.1 Å². The molecule has 1 heterocycles. The molecule has 1 aliphatic heterocycles. The van der Waals surface area contributed by atoms with Crippen LogP contribution in [0.5, 0.6) is 0 Å². The highest BCUT2D eigenvalue weighted by atomic mass is 35.5. The topological polar surface area (TPSA) is 75.4 Å². The van der Waals surface area contributed by atoms with E-state index in [9.17, 15) is 9.59 Å². The van der Waals surface area contributed by atoms with Gasteiger partial charge in [0.05, 0.1) is 17.2 Å². The molecule has 5 nitrogen and oxygen atoms in total. The van der Waals surface area contributed by atoms with E-state index < -0.39 is 12.0 Å². The highest BCUT2D eigenvalue weighted by Crippen LogP contribution is 2.26. The van der Waals surface area contributed by atoms with Crippen molar-refractivity contribution in [2.24, 2.45) is 23.5 Å². The average Bonchev–Trinajstić information content (AvgIpc) is 2.72. The molecule has 0 spiro atoms. The Kier molecular flexibility index (Phi) is 8.44. The maximum Gasteiger partial charge on any atom is 0.255 e. The van der Waals surface area contributed by atoms with Crippen LogP contribution in [-0.4, -0.2) is 29.8 Å². The maximum absolute atomic E-state index is 13.2. The van der Waals surface area contributed by atoms with Crippen LogP contribution in [0.3, 0.4) is 0 Å². The minimum Gasteiger partial charge on any atom is -0.338 e. The van der Waals surface area contributed by atoms with Gasteiger partial charge in [-0.1, -0.05) is 63.2 Å². The molecule has 1 aliphatic rings. The van der Waals surface area contributed by atoms with Crippen molar-refractivity contribution in [1.29, 1.82) is 0 Å². The van der Waals surface area contributed by atoms with Crippen LogP contribution in [-0.2, 0) is 4.79 Å². The fourth-order valence-electron chi connectivity index (χ4n) is 4.15. The summed E-state index contributed by atoms with van der Waals surface area (Å²) in [6.45, 7) is 7.67. The molecule has 0 radical (unpaired) electrons. The lowest BCUT2D eigenvalue weighted by molar-refractivity contribution is -0.120. The van der Waals surface area contributed by atoms with Gasteiger partial charge >= 0.3 is 0 Å². The number of hydrogen-bond acceptors (Lipinski definition) is 3. The first-order chi connectivity index (χ1) is 13.9. The van der Waals surface area contributed by atoms with Crippen molar-refractivity contribution in [1.82, 2.24) is 4.90 Å². The van der Waals surface area contributed by atoms with Gasteiger partial charge < -0.3 is 16.0 Å². The minimum absolute atomic E-state index is 0. The van der Waals surface area contributed by atoms with Gasteiger partial charge in [-0.3, -0.25) is 9.59 Å². The molecular formula is C24H32ClN3O2. The van der Waals surface area contributed by atoms with Crippen molar-refractivity contribution < 1.29 is 9.59 Å². The van der Waals surface area contributed by atoms with Gasteiger partial charge in [-0.05, 0) is 36.0 Å². The number of nitrogens with zero attached hydrogens (tertiary/aromatic N) is 1. The number of nitrogens with one attached hydrogen (secondary N) is 1. The van der Waals surface area contributed by atoms with Crippen molar-refractivity contribution in [3.05, 3.63) is 65.7 Å². The van der Waals surface area contributed by atoms with E-state index in [0.29, 0.717) is 23.1 Å². The monoisotopic (exact) mass is 429 g/mol. The molecule has 6 heteroatoms. The second-order valence-electron chi connectivity index (χ2n) is 8.42. The van der Waals surface area contributed by atoms with Crippen molar-refractivity contribution in [2.75, 3.05) is 18.4 Å². The Hall–Kier alpha value is -2.37. The van der Waals surface area contributed by atoms with Crippen molar-refractivity contribution >= 4 is 29.9 Å². The lowest BCUT2D eigenvalue weighted by Gasteiger charge is -2.35. The molecule has 4 unspecified atom stereocenters. The minimum atomic E-state index is -0.435. The molecule has 0 aliphatic carbocycles. The molecule has 0 saturated carbocycles. The van der Waals surface area contributed by atoms with Crippen LogP contribution in [0.15, 0.2) is 54.6 Å². The molecule has 0 bridgehead atoms. The van der Waals surface area contributed by atoms with Crippen molar-refractivity contribution in [3.8, 4) is 0 Å². The first-order valence-corrected chi connectivity index (χ1v) is 10.4. The van der Waals surface area contributed by atoms with Gasteiger partial charge in [0, 0.05) is 19.1 Å². The third-order valence-corrected chi connectivity index (χ3v) is 5.71. The van der Waals surface area contributed by atoms with Crippen LogP contribution in [0.4, 0.5) is 5.69 Å². The summed E-state index contributed by atoms with van der Waals surface area (Å²) in [5.41, 5.74) is 8.29. The standard InChI is InChI=1S/C24H31N3O2.ClH/c1-16-13-17(2)15-27(14-16)24(29)20-11-7-8-12-21(20)26-23(28)18(3)22(25)19-9-5-4-6-10-19;/h4-12,16-18,22H,13-15,25H2,1-3H3,(H,26,28);1H. The van der Waals surface area contributed by atoms with E-state index >= 15 is 0 Å². The third kappa shape index (κ3) is 5.61. The quantitative estimate of drug-likeness (QED) is 0.734. The summed E-state index contributed by atoms with van der Waals surface area (Å²) in [6.07, 6.45) is 1.14. The predicted molar refractivity (Wildman–Crippen MR) is 124 cm³/mol. The Labute approximate surface area is 185 Å². The zero-order valence-corrected chi connectivity index (χ0v) is 18.7. The maximum atomic E-state index is 13.2. The van der Waals surface area contributed by atoms with Gasteiger partial charge in [-0.25, -0.2) is 0 Å². The van der Waals surface area contributed by atoms with Gasteiger partial charge in [0.1, 0.15) is 0 Å². The van der Waals surface area contributed by atoms with Crippen LogP contribution < -0.4 is 11.1 Å². The molecule has 1 saturated heterocycles. The van der Waals surface area contributed by atoms with Gasteiger partial charge in [-0.15, -0.1) is 12.4 Å². The van der Waals surface area contributed by atoms with Gasteiger partial charge in [0.15, 0.2) is 0 Å². The van der Waals surface area contributed by atoms with E-state index in [1.165, 1.54) is 0 Å². The number of halogens is 1. The third-order valence-electron chi connectivity index (χ3n) is 5.71. The second kappa shape index (κ2) is 10.6. The molecule has 2 aromatic rings. The van der Waals surface area contributed by atoms with E-state index in [1.807, 2.05) is 54.3 Å². The fraction of sp³-hybridized carbons (Fsp3) is 0.417. The summed E-state index contributed by atoms with van der Waals surface area (Å²) in [7, 11) is 0. The van der Waals surface area contributed by atoms with Gasteiger partial charge in [0.25, 0.3) is 5.91 Å². The van der Waals surface area contributed by atoms with Crippen LogP contribution in [0.2, 0.25) is 0 Å². The summed E-state index contributed by atoms with van der Waals surface area (Å²) in [4.78, 5) is 27.9. The van der Waals surface area contributed by atoms with E-state index in [-0.39, 0.29) is 24.2 Å². The summed E-state index contributed by atoms with van der Waals surface area (Å²) in [5.74, 6) is 0.304. The number of nitrogens with two attached hydrogens (primary N) is 1. The first-order valence-electron chi connectivity index (χ1n) is 10.4. The smallest absolute Gasteiger partial charge is 0.255 e. The number of para-hydroxylation sites is 1. The summed E-state index contributed by atoms with van der Waals surface area (Å²) in [5, 5.41) is 2.94. The predicted octanol–water partition coefficient (Wildman–Crippen LogP) is 4.50. The molecule has 3 rings (SSSR count). The number of likely N-dealkylation sites (tertiary alicyclic amines) is 1. The number of benzene rings is 2. The molecule has 0 aromatic heterocycles. The largest absolute Gasteiger partial charge is 0.338 e. The molecule has 2 amide bonds. The van der Waals surface area contributed by atoms with Crippen LogP contribution in [0.1, 0.15) is 49.2 Å². The van der Waals surface area contributed by atoms with Crippen molar-refractivity contribution in [3.63, 3.8) is 0 Å². The number of carbonyl (C=O) groups is 2. The number of anilines is 1. The Balaban J connectivity index is 0.00000320. The molecule has 3 N–H and O–H groups in total. The SMILES string of the molecule is CC1CC(C)CN(C(=O)c2ccccc2NC(=O)C(C)C(N)c2ccccc2)C1.Cl. The lowest BCUT2D eigenvalue weighted by atomic mass is 9.91. The molecule has 4 atom stereocenters.